The Hall–Kier alpha value is -1.85. The number of alkyl halides is 3. The molecule has 0 radical (unpaired) electrons. The quantitative estimate of drug-likeness (QED) is 0.894. The van der Waals surface area contributed by atoms with Crippen molar-refractivity contribution in [2.24, 2.45) is 0 Å². The van der Waals surface area contributed by atoms with Gasteiger partial charge in [-0.05, 0) is 19.9 Å². The number of nitriles is 1. The Bertz CT molecular complexity index is 570. The fourth-order valence-corrected chi connectivity index (χ4v) is 2.28. The predicted octanol–water partition coefficient (Wildman–Crippen LogP) is 2.15. The maximum atomic E-state index is 12.6. The zero-order valence-corrected chi connectivity index (χ0v) is 12.2. The summed E-state index contributed by atoms with van der Waals surface area (Å²) in [6, 6.07) is 2.53. The normalized spacial score (nSPS) is 25.5. The molecule has 1 saturated heterocycles. The van der Waals surface area contributed by atoms with Gasteiger partial charge in [0.25, 0.3) is 0 Å². The van der Waals surface area contributed by atoms with Gasteiger partial charge in [-0.1, -0.05) is 0 Å². The molecule has 1 fully saturated rings. The number of halogens is 3. The van der Waals surface area contributed by atoms with Crippen molar-refractivity contribution in [2.45, 2.75) is 38.3 Å². The summed E-state index contributed by atoms with van der Waals surface area (Å²) in [6.07, 6.45) is -3.72. The minimum atomic E-state index is -4.51. The summed E-state index contributed by atoms with van der Waals surface area (Å²) >= 11 is 0. The zero-order chi connectivity index (χ0) is 16.3. The molecule has 0 saturated carbocycles. The molecule has 0 spiro atoms. The minimum absolute atomic E-state index is 0.00756. The van der Waals surface area contributed by atoms with Crippen molar-refractivity contribution in [3.63, 3.8) is 0 Å². The molecule has 8 heteroatoms. The van der Waals surface area contributed by atoms with Gasteiger partial charge in [-0.15, -0.1) is 0 Å². The second-order valence-corrected chi connectivity index (χ2v) is 5.28. The van der Waals surface area contributed by atoms with Crippen molar-refractivity contribution in [1.29, 1.82) is 5.26 Å². The third-order valence-electron chi connectivity index (χ3n) is 3.51. The van der Waals surface area contributed by atoms with Crippen LogP contribution in [0.5, 0.6) is 0 Å². The number of hydrogen-bond donors (Lipinski definition) is 2. The van der Waals surface area contributed by atoms with Crippen molar-refractivity contribution in [3.05, 3.63) is 23.4 Å². The number of nitrogens with one attached hydrogen (secondary N) is 2. The van der Waals surface area contributed by atoms with E-state index in [-0.39, 0.29) is 29.6 Å². The van der Waals surface area contributed by atoms with Gasteiger partial charge in [0, 0.05) is 19.3 Å². The molecule has 5 nitrogen and oxygen atoms in total. The lowest BCUT2D eigenvalue weighted by Gasteiger charge is -2.34. The van der Waals surface area contributed by atoms with E-state index in [1.165, 1.54) is 0 Å². The minimum Gasteiger partial charge on any atom is -0.373 e. The third-order valence-corrected chi connectivity index (χ3v) is 3.51. The molecule has 0 bridgehead atoms. The molecule has 22 heavy (non-hydrogen) atoms. The molecule has 1 aromatic heterocycles. The molecular weight excluding hydrogens is 297 g/mol. The molecule has 120 valence electrons. The molecule has 2 rings (SSSR count). The summed E-state index contributed by atoms with van der Waals surface area (Å²) in [6.45, 7) is 4.97. The monoisotopic (exact) mass is 314 g/mol. The molecule has 2 heterocycles. The van der Waals surface area contributed by atoms with Crippen molar-refractivity contribution in [3.8, 4) is 6.07 Å². The maximum Gasteiger partial charge on any atom is 0.417 e. The lowest BCUT2D eigenvalue weighted by molar-refractivity contribution is -0.137. The molecule has 1 aliphatic heterocycles. The summed E-state index contributed by atoms with van der Waals surface area (Å²) < 4.78 is 43.5. The first-order chi connectivity index (χ1) is 10.3. The van der Waals surface area contributed by atoms with Gasteiger partial charge in [0.1, 0.15) is 11.9 Å². The number of pyridine rings is 1. The Morgan fingerprint density at radius 3 is 2.82 bits per heavy atom. The van der Waals surface area contributed by atoms with E-state index in [9.17, 15) is 13.2 Å². The van der Waals surface area contributed by atoms with E-state index in [0.717, 1.165) is 12.3 Å². The first-order valence-electron chi connectivity index (χ1n) is 6.91. The Kier molecular flexibility index (Phi) is 4.88. The van der Waals surface area contributed by atoms with Crippen molar-refractivity contribution in [1.82, 2.24) is 10.3 Å². The fraction of sp³-hybridized carbons (Fsp3) is 0.571. The third kappa shape index (κ3) is 3.87. The molecule has 0 amide bonds. The highest BCUT2D eigenvalue weighted by molar-refractivity contribution is 5.53. The summed E-state index contributed by atoms with van der Waals surface area (Å²) in [7, 11) is 0. The Balaban J connectivity index is 2.06. The van der Waals surface area contributed by atoms with Crippen LogP contribution in [0.2, 0.25) is 0 Å². The maximum absolute atomic E-state index is 12.6. The average molecular weight is 314 g/mol. The van der Waals surface area contributed by atoms with E-state index in [4.69, 9.17) is 10.00 Å². The van der Waals surface area contributed by atoms with Gasteiger partial charge in [0.15, 0.2) is 0 Å². The van der Waals surface area contributed by atoms with Crippen molar-refractivity contribution in [2.75, 3.05) is 18.4 Å². The van der Waals surface area contributed by atoms with E-state index in [0.29, 0.717) is 13.1 Å². The summed E-state index contributed by atoms with van der Waals surface area (Å²) in [5.74, 6) is 0.142. The van der Waals surface area contributed by atoms with Crippen LogP contribution >= 0.6 is 0 Å². The van der Waals surface area contributed by atoms with E-state index in [2.05, 4.69) is 15.6 Å². The van der Waals surface area contributed by atoms with Gasteiger partial charge in [0.05, 0.1) is 29.4 Å². The van der Waals surface area contributed by atoms with Crippen LogP contribution in [0.1, 0.15) is 25.0 Å². The van der Waals surface area contributed by atoms with Crippen molar-refractivity contribution >= 4 is 5.82 Å². The highest BCUT2D eigenvalue weighted by Crippen LogP contribution is 2.30. The summed E-state index contributed by atoms with van der Waals surface area (Å²) in [4.78, 5) is 3.72. The highest BCUT2D eigenvalue weighted by Gasteiger charge is 2.32. The fourth-order valence-electron chi connectivity index (χ4n) is 2.28. The van der Waals surface area contributed by atoms with E-state index in [1.807, 2.05) is 13.8 Å². The standard InChI is InChI=1S/C14H17F3N4O/c1-8-5-19-12(9(2)22-8)7-21-13-10(4-18)3-11(6-20-13)14(15,16)17/h3,6,8-9,12,19H,5,7H2,1-2H3,(H,20,21)/t8-,9+,12-/m1/s1. The van der Waals surface area contributed by atoms with Crippen LogP contribution in [0.25, 0.3) is 0 Å². The first kappa shape index (κ1) is 16.5. The van der Waals surface area contributed by atoms with Crippen molar-refractivity contribution < 1.29 is 17.9 Å². The van der Waals surface area contributed by atoms with Crippen LogP contribution in [0, 0.1) is 11.3 Å². The van der Waals surface area contributed by atoms with Gasteiger partial charge in [-0.25, -0.2) is 4.98 Å². The number of aromatic nitrogens is 1. The van der Waals surface area contributed by atoms with Crippen LogP contribution < -0.4 is 10.6 Å². The van der Waals surface area contributed by atoms with E-state index >= 15 is 0 Å². The Morgan fingerprint density at radius 2 is 2.23 bits per heavy atom. The van der Waals surface area contributed by atoms with Crippen LogP contribution in [0.15, 0.2) is 12.3 Å². The molecule has 3 atom stereocenters. The second-order valence-electron chi connectivity index (χ2n) is 5.28. The number of hydrogen-bond acceptors (Lipinski definition) is 5. The average Bonchev–Trinajstić information content (AvgIpc) is 2.45. The largest absolute Gasteiger partial charge is 0.417 e. The summed E-state index contributed by atoms with van der Waals surface area (Å²) in [5, 5.41) is 15.2. The molecule has 1 aliphatic rings. The summed E-state index contributed by atoms with van der Waals surface area (Å²) in [5.41, 5.74) is -1.07. The SMILES string of the molecule is C[C@@H]1CN[C@H](CNc2ncc(C(F)(F)F)cc2C#N)[C@H](C)O1. The number of nitrogens with zero attached hydrogens (tertiary/aromatic N) is 2. The number of rotatable bonds is 3. The second kappa shape index (κ2) is 6.50. The lowest BCUT2D eigenvalue weighted by atomic mass is 10.1. The van der Waals surface area contributed by atoms with Gasteiger partial charge in [-0.3, -0.25) is 0 Å². The van der Waals surface area contributed by atoms with Crippen LogP contribution in [0.3, 0.4) is 0 Å². The van der Waals surface area contributed by atoms with Gasteiger partial charge >= 0.3 is 6.18 Å². The molecule has 0 aliphatic carbocycles. The molecule has 2 N–H and O–H groups in total. The van der Waals surface area contributed by atoms with E-state index < -0.39 is 11.7 Å². The lowest BCUT2D eigenvalue weighted by Crippen LogP contribution is -2.53. The molecular formula is C14H17F3N4O. The number of morpholine rings is 1. The van der Waals surface area contributed by atoms with Crippen LogP contribution in [0.4, 0.5) is 19.0 Å². The number of ether oxygens (including phenoxy) is 1. The molecule has 0 aromatic carbocycles. The predicted molar refractivity (Wildman–Crippen MR) is 74.2 cm³/mol. The first-order valence-corrected chi connectivity index (χ1v) is 6.91. The molecule has 1 aromatic rings. The molecule has 0 unspecified atom stereocenters. The van der Waals surface area contributed by atoms with Crippen LogP contribution in [-0.2, 0) is 10.9 Å². The number of anilines is 1. The van der Waals surface area contributed by atoms with Gasteiger partial charge in [-0.2, -0.15) is 18.4 Å². The zero-order valence-electron chi connectivity index (χ0n) is 12.2. The van der Waals surface area contributed by atoms with E-state index in [1.54, 1.807) is 6.07 Å². The van der Waals surface area contributed by atoms with Gasteiger partial charge < -0.3 is 15.4 Å². The Morgan fingerprint density at radius 1 is 1.50 bits per heavy atom. The highest BCUT2D eigenvalue weighted by atomic mass is 19.4. The smallest absolute Gasteiger partial charge is 0.373 e. The van der Waals surface area contributed by atoms with Gasteiger partial charge in [0.2, 0.25) is 0 Å². The topological polar surface area (TPSA) is 70.0 Å². The van der Waals surface area contributed by atoms with Crippen LogP contribution in [-0.4, -0.2) is 36.3 Å². The Labute approximate surface area is 126 Å².